The van der Waals surface area contributed by atoms with Crippen LogP contribution in [0, 0.1) is 0 Å². The maximum absolute atomic E-state index is 11.9. The van der Waals surface area contributed by atoms with Gasteiger partial charge in [0.1, 0.15) is 0 Å². The number of nitrogens with one attached hydrogen (secondary N) is 1. The molecule has 0 aliphatic carbocycles. The Bertz CT molecular complexity index is 556. The molecule has 0 saturated heterocycles. The Morgan fingerprint density at radius 1 is 1.30 bits per heavy atom. The third-order valence-electron chi connectivity index (χ3n) is 2.74. The number of nitrogens with zero attached hydrogens (tertiary/aromatic N) is 1. The summed E-state index contributed by atoms with van der Waals surface area (Å²) in [5.41, 5.74) is 7.09. The molecule has 1 aromatic rings. The molecule has 0 aromatic heterocycles. The largest absolute Gasteiger partial charge is 0.349 e. The fourth-order valence-corrected chi connectivity index (χ4v) is 2.79. The van der Waals surface area contributed by atoms with Crippen LogP contribution >= 0.6 is 0 Å². The lowest BCUT2D eigenvalue weighted by atomic mass is 10.1. The van der Waals surface area contributed by atoms with Crippen molar-refractivity contribution in [2.24, 2.45) is 5.73 Å². The summed E-state index contributed by atoms with van der Waals surface area (Å²) in [6, 6.07) is 7.13. The van der Waals surface area contributed by atoms with Gasteiger partial charge < -0.3 is 10.6 Å². The molecular formula is C13H21N3O3S. The van der Waals surface area contributed by atoms with Crippen molar-refractivity contribution in [3.05, 3.63) is 35.4 Å². The van der Waals surface area contributed by atoms with Crippen molar-refractivity contribution in [1.82, 2.24) is 9.62 Å². The number of carbonyl (C=O) groups excluding carboxylic acids is 1. The standard InChI is InChI=1S/C13H21N3O3S/c1-16(2)13(17)6-7-15-20(18,19)10-12-5-3-4-11(8-12)9-14/h3-5,8,15H,6-7,9-10,14H2,1-2H3. The quantitative estimate of drug-likeness (QED) is 0.743. The van der Waals surface area contributed by atoms with Crippen molar-refractivity contribution in [3.63, 3.8) is 0 Å². The van der Waals surface area contributed by atoms with E-state index >= 15 is 0 Å². The van der Waals surface area contributed by atoms with E-state index in [1.165, 1.54) is 4.90 Å². The molecule has 0 fully saturated rings. The van der Waals surface area contributed by atoms with Crippen LogP contribution in [0.25, 0.3) is 0 Å². The van der Waals surface area contributed by atoms with E-state index in [9.17, 15) is 13.2 Å². The normalized spacial score (nSPS) is 11.3. The Balaban J connectivity index is 2.55. The second kappa shape index (κ2) is 7.37. The summed E-state index contributed by atoms with van der Waals surface area (Å²) >= 11 is 0. The number of benzene rings is 1. The molecule has 3 N–H and O–H groups in total. The zero-order chi connectivity index (χ0) is 15.2. The SMILES string of the molecule is CN(C)C(=O)CCNS(=O)(=O)Cc1cccc(CN)c1. The summed E-state index contributed by atoms with van der Waals surface area (Å²) in [6.45, 7) is 0.481. The second-order valence-corrected chi connectivity index (χ2v) is 6.52. The molecule has 1 aromatic carbocycles. The van der Waals surface area contributed by atoms with Crippen LogP contribution < -0.4 is 10.5 Å². The first kappa shape index (κ1) is 16.6. The third kappa shape index (κ3) is 5.68. The van der Waals surface area contributed by atoms with Crippen LogP contribution in [-0.2, 0) is 27.1 Å². The summed E-state index contributed by atoms with van der Waals surface area (Å²) in [7, 11) is -0.174. The van der Waals surface area contributed by atoms with E-state index in [4.69, 9.17) is 5.73 Å². The summed E-state index contributed by atoms with van der Waals surface area (Å²) < 4.78 is 26.2. The molecular weight excluding hydrogens is 278 g/mol. The molecule has 7 heteroatoms. The van der Waals surface area contributed by atoms with Gasteiger partial charge in [0.2, 0.25) is 15.9 Å². The molecule has 0 spiro atoms. The topological polar surface area (TPSA) is 92.5 Å². The lowest BCUT2D eigenvalue weighted by Gasteiger charge is -2.11. The Morgan fingerprint density at radius 3 is 2.55 bits per heavy atom. The van der Waals surface area contributed by atoms with Gasteiger partial charge in [-0.15, -0.1) is 0 Å². The average molecular weight is 299 g/mol. The van der Waals surface area contributed by atoms with E-state index in [0.717, 1.165) is 5.56 Å². The minimum atomic E-state index is -3.44. The van der Waals surface area contributed by atoms with Crippen LogP contribution in [0.4, 0.5) is 0 Å². The van der Waals surface area contributed by atoms with Crippen LogP contribution in [0.2, 0.25) is 0 Å². The second-order valence-electron chi connectivity index (χ2n) is 4.72. The van der Waals surface area contributed by atoms with Gasteiger partial charge >= 0.3 is 0 Å². The van der Waals surface area contributed by atoms with Gasteiger partial charge in [0, 0.05) is 33.6 Å². The molecule has 0 bridgehead atoms. The number of hydrogen-bond donors (Lipinski definition) is 2. The minimum Gasteiger partial charge on any atom is -0.349 e. The van der Waals surface area contributed by atoms with E-state index in [-0.39, 0.29) is 24.6 Å². The maximum Gasteiger partial charge on any atom is 0.223 e. The highest BCUT2D eigenvalue weighted by molar-refractivity contribution is 7.88. The van der Waals surface area contributed by atoms with Crippen molar-refractivity contribution >= 4 is 15.9 Å². The molecule has 0 aliphatic rings. The number of nitrogens with two attached hydrogens (primary N) is 1. The number of sulfonamides is 1. The highest BCUT2D eigenvalue weighted by Crippen LogP contribution is 2.08. The van der Waals surface area contributed by atoms with Crippen LogP contribution in [0.3, 0.4) is 0 Å². The first-order valence-corrected chi connectivity index (χ1v) is 7.94. The van der Waals surface area contributed by atoms with Crippen LogP contribution in [0.1, 0.15) is 17.5 Å². The van der Waals surface area contributed by atoms with E-state index in [0.29, 0.717) is 12.1 Å². The summed E-state index contributed by atoms with van der Waals surface area (Å²) in [5, 5.41) is 0. The number of rotatable bonds is 7. The first-order valence-electron chi connectivity index (χ1n) is 6.29. The molecule has 0 unspecified atom stereocenters. The van der Waals surface area contributed by atoms with Gasteiger partial charge in [0.15, 0.2) is 0 Å². The monoisotopic (exact) mass is 299 g/mol. The molecule has 1 rings (SSSR count). The van der Waals surface area contributed by atoms with E-state index in [2.05, 4.69) is 4.72 Å². The first-order chi connectivity index (χ1) is 9.34. The van der Waals surface area contributed by atoms with E-state index < -0.39 is 10.0 Å². The van der Waals surface area contributed by atoms with Gasteiger partial charge in [-0.2, -0.15) is 0 Å². The molecule has 20 heavy (non-hydrogen) atoms. The smallest absolute Gasteiger partial charge is 0.223 e. The van der Waals surface area contributed by atoms with Gasteiger partial charge in [-0.05, 0) is 11.1 Å². The zero-order valence-electron chi connectivity index (χ0n) is 11.8. The lowest BCUT2D eigenvalue weighted by molar-refractivity contribution is -0.128. The Labute approximate surface area is 120 Å². The van der Waals surface area contributed by atoms with Gasteiger partial charge in [-0.3, -0.25) is 4.79 Å². The molecule has 6 nitrogen and oxygen atoms in total. The van der Waals surface area contributed by atoms with E-state index in [1.807, 2.05) is 6.07 Å². The molecule has 112 valence electrons. The minimum absolute atomic E-state index is 0.107. The molecule has 1 amide bonds. The zero-order valence-corrected chi connectivity index (χ0v) is 12.6. The summed E-state index contributed by atoms with van der Waals surface area (Å²) in [5.74, 6) is -0.227. The van der Waals surface area contributed by atoms with Crippen LogP contribution in [-0.4, -0.2) is 39.9 Å². The highest BCUT2D eigenvalue weighted by Gasteiger charge is 2.12. The van der Waals surface area contributed by atoms with Gasteiger partial charge in [-0.25, -0.2) is 13.1 Å². The fourth-order valence-electron chi connectivity index (χ4n) is 1.65. The van der Waals surface area contributed by atoms with E-state index in [1.54, 1.807) is 32.3 Å². The van der Waals surface area contributed by atoms with Crippen molar-refractivity contribution in [2.75, 3.05) is 20.6 Å². The molecule has 0 heterocycles. The molecule has 0 aliphatic heterocycles. The average Bonchev–Trinajstić information content (AvgIpc) is 2.37. The Morgan fingerprint density at radius 2 is 1.95 bits per heavy atom. The van der Waals surface area contributed by atoms with Crippen molar-refractivity contribution in [2.45, 2.75) is 18.7 Å². The summed E-state index contributed by atoms with van der Waals surface area (Å²) in [4.78, 5) is 12.8. The van der Waals surface area contributed by atoms with Gasteiger partial charge in [-0.1, -0.05) is 24.3 Å². The highest BCUT2D eigenvalue weighted by atomic mass is 32.2. The number of carbonyl (C=O) groups is 1. The Hall–Kier alpha value is -1.44. The predicted octanol–water partition coefficient (Wildman–Crippen LogP) is 0.0430. The fraction of sp³-hybridized carbons (Fsp3) is 0.462. The molecule has 0 atom stereocenters. The predicted molar refractivity (Wildman–Crippen MR) is 78.3 cm³/mol. The van der Waals surface area contributed by atoms with Crippen LogP contribution in [0.15, 0.2) is 24.3 Å². The molecule has 0 saturated carbocycles. The van der Waals surface area contributed by atoms with Crippen molar-refractivity contribution in [1.29, 1.82) is 0 Å². The van der Waals surface area contributed by atoms with Crippen molar-refractivity contribution < 1.29 is 13.2 Å². The lowest BCUT2D eigenvalue weighted by Crippen LogP contribution is -2.31. The Kier molecular flexibility index (Phi) is 6.12. The summed E-state index contributed by atoms with van der Waals surface area (Å²) in [6.07, 6.45) is 0.148. The molecule has 0 radical (unpaired) electrons. The van der Waals surface area contributed by atoms with Gasteiger partial charge in [0.05, 0.1) is 5.75 Å². The number of amides is 1. The van der Waals surface area contributed by atoms with Crippen LogP contribution in [0.5, 0.6) is 0 Å². The number of hydrogen-bond acceptors (Lipinski definition) is 4. The van der Waals surface area contributed by atoms with Crippen molar-refractivity contribution in [3.8, 4) is 0 Å². The maximum atomic E-state index is 11.9. The van der Waals surface area contributed by atoms with Gasteiger partial charge in [0.25, 0.3) is 0 Å². The third-order valence-corrected chi connectivity index (χ3v) is 4.10.